The van der Waals surface area contributed by atoms with Crippen molar-refractivity contribution in [1.29, 1.82) is 0 Å². The average Bonchev–Trinajstić information content (AvgIpc) is 3.66. The van der Waals surface area contributed by atoms with Crippen molar-refractivity contribution in [3.05, 3.63) is 223 Å². The molecule has 65 heavy (non-hydrogen) atoms. The summed E-state index contributed by atoms with van der Waals surface area (Å²) in [4.78, 5) is 4.89. The van der Waals surface area contributed by atoms with E-state index >= 15 is 0 Å². The van der Waals surface area contributed by atoms with E-state index < -0.39 is 0 Å². The number of para-hydroxylation sites is 2. The fourth-order valence-corrected chi connectivity index (χ4v) is 9.95. The second-order valence-electron chi connectivity index (χ2n) is 19.4. The Labute approximate surface area is 382 Å². The molecule has 0 aliphatic carbocycles. The third kappa shape index (κ3) is 6.91. The highest BCUT2D eigenvalue weighted by atomic mass is 15.2. The monoisotopic (exact) mass is 839 g/mol. The van der Waals surface area contributed by atoms with E-state index in [1.54, 1.807) is 0 Å². The molecule has 0 saturated carbocycles. The number of rotatable bonds is 7. The summed E-state index contributed by atoms with van der Waals surface area (Å²) in [6.07, 6.45) is 0. The van der Waals surface area contributed by atoms with Gasteiger partial charge in [0.15, 0.2) is 0 Å². The van der Waals surface area contributed by atoms with E-state index in [-0.39, 0.29) is 10.8 Å². The Balaban J connectivity index is 1.30. The Bertz CT molecular complexity index is 3330. The van der Waals surface area contributed by atoms with Crippen molar-refractivity contribution in [2.75, 3.05) is 9.80 Å². The van der Waals surface area contributed by atoms with Gasteiger partial charge < -0.3 is 14.4 Å². The van der Waals surface area contributed by atoms with Crippen molar-refractivity contribution in [2.24, 2.45) is 0 Å². The minimum atomic E-state index is 0.0364. The normalized spacial score (nSPS) is 12.2. The summed E-state index contributed by atoms with van der Waals surface area (Å²) in [5, 5.41) is 9.71. The molecule has 316 valence electrons. The lowest BCUT2D eigenvalue weighted by atomic mass is 9.87. The maximum atomic E-state index is 2.55. The van der Waals surface area contributed by atoms with Crippen molar-refractivity contribution < 1.29 is 0 Å². The minimum absolute atomic E-state index is 0.0364. The van der Waals surface area contributed by atoms with Crippen LogP contribution in [0.2, 0.25) is 0 Å². The van der Waals surface area contributed by atoms with Gasteiger partial charge in [0.2, 0.25) is 0 Å². The Morgan fingerprint density at radius 2 is 0.677 bits per heavy atom. The Kier molecular flexibility index (Phi) is 9.62. The van der Waals surface area contributed by atoms with Gasteiger partial charge in [-0.25, -0.2) is 0 Å². The summed E-state index contributed by atoms with van der Waals surface area (Å²) in [5.74, 6) is 0. The average molecular weight is 840 g/mol. The molecular formula is C62H53N3. The van der Waals surface area contributed by atoms with E-state index in [2.05, 4.69) is 268 Å². The topological polar surface area (TPSA) is 11.4 Å². The molecule has 0 unspecified atom stereocenters. The first-order valence-electron chi connectivity index (χ1n) is 22.9. The zero-order chi connectivity index (χ0) is 44.5. The molecule has 11 aromatic rings. The van der Waals surface area contributed by atoms with Gasteiger partial charge in [-0.2, -0.15) is 0 Å². The summed E-state index contributed by atoms with van der Waals surface area (Å²) >= 11 is 0. The Morgan fingerprint density at radius 3 is 1.11 bits per heavy atom. The molecule has 11 rings (SSSR count). The van der Waals surface area contributed by atoms with Gasteiger partial charge in [-0.3, -0.25) is 0 Å². The van der Waals surface area contributed by atoms with Gasteiger partial charge in [0.05, 0.1) is 28.1 Å². The van der Waals surface area contributed by atoms with E-state index in [0.29, 0.717) is 0 Å². The van der Waals surface area contributed by atoms with Crippen LogP contribution in [0.15, 0.2) is 212 Å². The van der Waals surface area contributed by atoms with Crippen LogP contribution in [0.5, 0.6) is 0 Å². The number of aromatic nitrogens is 1. The zero-order valence-electron chi connectivity index (χ0n) is 38.0. The molecular weight excluding hydrogens is 787 g/mol. The molecule has 0 spiro atoms. The first-order valence-corrected chi connectivity index (χ1v) is 22.9. The van der Waals surface area contributed by atoms with Crippen molar-refractivity contribution >= 4 is 88.2 Å². The van der Waals surface area contributed by atoms with Crippen molar-refractivity contribution in [3.63, 3.8) is 0 Å². The van der Waals surface area contributed by atoms with E-state index in [4.69, 9.17) is 0 Å². The molecule has 0 bridgehead atoms. The van der Waals surface area contributed by atoms with E-state index in [9.17, 15) is 0 Å². The van der Waals surface area contributed by atoms with Crippen LogP contribution in [-0.4, -0.2) is 4.57 Å². The van der Waals surface area contributed by atoms with Gasteiger partial charge in [-0.15, -0.1) is 0 Å². The number of benzene rings is 10. The highest BCUT2D eigenvalue weighted by molar-refractivity contribution is 6.32. The van der Waals surface area contributed by atoms with Gasteiger partial charge in [0.1, 0.15) is 0 Å². The van der Waals surface area contributed by atoms with Gasteiger partial charge in [0, 0.05) is 49.7 Å². The molecule has 0 amide bonds. The standard InChI is InChI=1S/C62H53N3/c1-61(2,3)43-32-36-47(37-33-43)63(45-22-9-7-10-23-45)55-40-57-59(52-29-17-15-27-50(52)55)60-53-30-18-16-28-51(53)56(41-58(60)65(57)54-31-19-21-42-20-13-14-26-49(42)54)64(46-24-11-8-12-25-46)48-38-34-44(35-39-48)62(4,5)6/h7-41H,1-6H3. The number of hydrogen-bond donors (Lipinski definition) is 0. The Hall–Kier alpha value is -7.62. The van der Waals surface area contributed by atoms with Gasteiger partial charge in [-0.1, -0.05) is 187 Å². The minimum Gasteiger partial charge on any atom is -0.310 e. The molecule has 10 aromatic carbocycles. The van der Waals surface area contributed by atoms with E-state index in [1.807, 2.05) is 0 Å². The third-order valence-corrected chi connectivity index (χ3v) is 13.2. The van der Waals surface area contributed by atoms with Gasteiger partial charge in [0.25, 0.3) is 0 Å². The first kappa shape index (κ1) is 40.2. The summed E-state index contributed by atoms with van der Waals surface area (Å²) < 4.78 is 2.55. The SMILES string of the molecule is CC(C)(C)c1ccc(N(c2ccccc2)c2cc3c(c4ccccc24)c2c4ccccc4c(N(c4ccccc4)c4ccc(C(C)(C)C)cc4)cc2n3-c2cccc3ccccc23)cc1. The summed E-state index contributed by atoms with van der Waals surface area (Å²) in [6.45, 7) is 13.7. The lowest BCUT2D eigenvalue weighted by Gasteiger charge is -2.28. The van der Waals surface area contributed by atoms with Gasteiger partial charge in [-0.05, 0) is 105 Å². The summed E-state index contributed by atoms with van der Waals surface area (Å²) in [6, 6.07) is 78.5. The molecule has 3 heteroatoms. The zero-order valence-corrected chi connectivity index (χ0v) is 38.0. The molecule has 1 heterocycles. The van der Waals surface area contributed by atoms with Crippen LogP contribution >= 0.6 is 0 Å². The van der Waals surface area contributed by atoms with Crippen LogP contribution in [0.3, 0.4) is 0 Å². The van der Waals surface area contributed by atoms with Crippen molar-refractivity contribution in [1.82, 2.24) is 4.57 Å². The molecule has 3 nitrogen and oxygen atoms in total. The number of fused-ring (bicyclic) bond motifs is 8. The highest BCUT2D eigenvalue weighted by Crippen LogP contribution is 2.50. The fraction of sp³-hybridized carbons (Fsp3) is 0.129. The molecule has 0 radical (unpaired) electrons. The van der Waals surface area contributed by atoms with Crippen LogP contribution < -0.4 is 9.80 Å². The summed E-state index contributed by atoms with van der Waals surface area (Å²) in [7, 11) is 0. The predicted octanol–water partition coefficient (Wildman–Crippen LogP) is 17.8. The molecule has 0 saturated heterocycles. The maximum absolute atomic E-state index is 2.55. The van der Waals surface area contributed by atoms with E-state index in [1.165, 1.54) is 54.2 Å². The maximum Gasteiger partial charge on any atom is 0.0568 e. The second-order valence-corrected chi connectivity index (χ2v) is 19.4. The van der Waals surface area contributed by atoms with Crippen molar-refractivity contribution in [2.45, 2.75) is 52.4 Å². The first-order chi connectivity index (χ1) is 31.5. The summed E-state index contributed by atoms with van der Waals surface area (Å²) in [5.41, 5.74) is 12.8. The largest absolute Gasteiger partial charge is 0.310 e. The molecule has 0 N–H and O–H groups in total. The Morgan fingerprint density at radius 1 is 0.323 bits per heavy atom. The van der Waals surface area contributed by atoms with Crippen LogP contribution in [0.25, 0.3) is 59.8 Å². The second kappa shape index (κ2) is 15.6. The quantitative estimate of drug-likeness (QED) is 0.158. The molecule has 1 aromatic heterocycles. The lowest BCUT2D eigenvalue weighted by molar-refractivity contribution is 0.590. The molecule has 0 fully saturated rings. The molecule has 0 aliphatic rings. The van der Waals surface area contributed by atoms with Gasteiger partial charge >= 0.3 is 0 Å². The predicted molar refractivity (Wildman–Crippen MR) is 280 cm³/mol. The molecule has 0 aliphatic heterocycles. The highest BCUT2D eigenvalue weighted by Gasteiger charge is 2.27. The lowest BCUT2D eigenvalue weighted by Crippen LogP contribution is -2.13. The van der Waals surface area contributed by atoms with Crippen LogP contribution in [-0.2, 0) is 10.8 Å². The smallest absolute Gasteiger partial charge is 0.0568 e. The van der Waals surface area contributed by atoms with E-state index in [0.717, 1.165) is 50.8 Å². The van der Waals surface area contributed by atoms with Crippen LogP contribution in [0.4, 0.5) is 34.1 Å². The number of hydrogen-bond acceptors (Lipinski definition) is 2. The number of anilines is 6. The third-order valence-electron chi connectivity index (χ3n) is 13.2. The van der Waals surface area contributed by atoms with Crippen LogP contribution in [0.1, 0.15) is 52.7 Å². The fourth-order valence-electron chi connectivity index (χ4n) is 9.95. The van der Waals surface area contributed by atoms with Crippen LogP contribution in [0, 0.1) is 0 Å². The van der Waals surface area contributed by atoms with Crippen molar-refractivity contribution in [3.8, 4) is 5.69 Å². The molecule has 0 atom stereocenters. The number of nitrogens with zero attached hydrogens (tertiary/aromatic N) is 3.